The van der Waals surface area contributed by atoms with E-state index < -0.39 is 5.97 Å². The minimum Gasteiger partial charge on any atom is -0.494 e. The van der Waals surface area contributed by atoms with E-state index in [1.807, 2.05) is 0 Å². The van der Waals surface area contributed by atoms with Gasteiger partial charge in [-0.2, -0.15) is 0 Å². The lowest BCUT2D eigenvalue weighted by Crippen LogP contribution is -2.11. The summed E-state index contributed by atoms with van der Waals surface area (Å²) in [6, 6.07) is 1.13. The van der Waals surface area contributed by atoms with Crippen LogP contribution in [-0.2, 0) is 4.74 Å². The third-order valence-electron chi connectivity index (χ3n) is 1.51. The number of hydrogen-bond acceptors (Lipinski definition) is 4. The molecule has 0 unspecified atom stereocenters. The largest absolute Gasteiger partial charge is 0.494 e. The zero-order chi connectivity index (χ0) is 9.84. The molecule has 1 heterocycles. The summed E-state index contributed by atoms with van der Waals surface area (Å²) in [6.45, 7) is 0. The molecule has 0 spiro atoms. The molecule has 13 heavy (non-hydrogen) atoms. The summed E-state index contributed by atoms with van der Waals surface area (Å²) in [5.74, 6) is -0.311. The molecule has 0 aliphatic heterocycles. The number of pyridine rings is 1. The zero-order valence-electron chi connectivity index (χ0n) is 7.29. The highest BCUT2D eigenvalue weighted by molar-refractivity contribution is 5.92. The minimum absolute atomic E-state index is 0.119. The van der Waals surface area contributed by atoms with Gasteiger partial charge in [0.1, 0.15) is 11.3 Å². The van der Waals surface area contributed by atoms with Gasteiger partial charge in [0.05, 0.1) is 14.2 Å². The van der Waals surface area contributed by atoms with Gasteiger partial charge in [-0.05, 0) is 0 Å². The standard InChI is InChI=1S/C8H9NO4/c1-12-6-4-9-7(10)3-5(6)8(11)13-2/h3-4H,1-2H3,(H,9,10). The van der Waals surface area contributed by atoms with Crippen LogP contribution in [0.3, 0.4) is 0 Å². The Kier molecular flexibility index (Phi) is 2.69. The first-order chi connectivity index (χ1) is 6.19. The van der Waals surface area contributed by atoms with Crippen molar-refractivity contribution < 1.29 is 14.3 Å². The summed E-state index contributed by atoms with van der Waals surface area (Å²) in [7, 11) is 2.64. The molecule has 70 valence electrons. The summed E-state index contributed by atoms with van der Waals surface area (Å²) >= 11 is 0. The Morgan fingerprint density at radius 3 is 2.69 bits per heavy atom. The number of methoxy groups -OCH3 is 2. The van der Waals surface area contributed by atoms with E-state index >= 15 is 0 Å². The Bertz CT molecular complexity index is 369. The average molecular weight is 183 g/mol. The monoisotopic (exact) mass is 183 g/mol. The van der Waals surface area contributed by atoms with E-state index in [1.54, 1.807) is 0 Å². The lowest BCUT2D eigenvalue weighted by molar-refractivity contribution is 0.0596. The Hall–Kier alpha value is -1.78. The molecule has 0 saturated carbocycles. The van der Waals surface area contributed by atoms with Crippen LogP contribution >= 0.6 is 0 Å². The molecular formula is C8H9NO4. The second-order valence-electron chi connectivity index (χ2n) is 2.27. The fourth-order valence-electron chi connectivity index (χ4n) is 0.897. The molecule has 1 N–H and O–H groups in total. The number of hydrogen-bond donors (Lipinski definition) is 1. The van der Waals surface area contributed by atoms with Crippen molar-refractivity contribution in [1.82, 2.24) is 4.98 Å². The molecule has 0 bridgehead atoms. The lowest BCUT2D eigenvalue weighted by atomic mass is 10.2. The molecule has 1 aromatic heterocycles. The number of esters is 1. The zero-order valence-corrected chi connectivity index (χ0v) is 7.29. The average Bonchev–Trinajstić information content (AvgIpc) is 2.16. The molecule has 1 aromatic rings. The van der Waals surface area contributed by atoms with Crippen molar-refractivity contribution in [2.45, 2.75) is 0 Å². The van der Waals surface area contributed by atoms with Crippen molar-refractivity contribution in [3.05, 3.63) is 28.2 Å². The van der Waals surface area contributed by atoms with Gasteiger partial charge in [-0.15, -0.1) is 0 Å². The van der Waals surface area contributed by atoms with E-state index in [9.17, 15) is 9.59 Å². The third-order valence-corrected chi connectivity index (χ3v) is 1.51. The van der Waals surface area contributed by atoms with Gasteiger partial charge in [0.2, 0.25) is 5.56 Å². The van der Waals surface area contributed by atoms with Crippen LogP contribution in [0.15, 0.2) is 17.1 Å². The van der Waals surface area contributed by atoms with Crippen LogP contribution in [0, 0.1) is 0 Å². The number of carbonyl (C=O) groups excluding carboxylic acids is 1. The summed E-state index contributed by atoms with van der Waals surface area (Å²) in [6.07, 6.45) is 1.31. The SMILES string of the molecule is COC(=O)c1cc(=O)[nH]cc1OC. The van der Waals surface area contributed by atoms with Gasteiger partial charge in [0.15, 0.2) is 0 Å². The lowest BCUT2D eigenvalue weighted by Gasteiger charge is -2.04. The van der Waals surface area contributed by atoms with Crippen molar-refractivity contribution in [2.75, 3.05) is 14.2 Å². The maximum Gasteiger partial charge on any atom is 0.341 e. The van der Waals surface area contributed by atoms with E-state index in [2.05, 4.69) is 9.72 Å². The van der Waals surface area contributed by atoms with Crippen LogP contribution in [0.5, 0.6) is 5.75 Å². The number of aromatic nitrogens is 1. The van der Waals surface area contributed by atoms with Crippen molar-refractivity contribution >= 4 is 5.97 Å². The van der Waals surface area contributed by atoms with Crippen LogP contribution < -0.4 is 10.3 Å². The molecule has 0 saturated heterocycles. The first kappa shape index (κ1) is 9.31. The Labute approximate surface area is 74.3 Å². The topological polar surface area (TPSA) is 68.4 Å². The van der Waals surface area contributed by atoms with Gasteiger partial charge in [-0.25, -0.2) is 4.79 Å². The van der Waals surface area contributed by atoms with Crippen molar-refractivity contribution in [1.29, 1.82) is 0 Å². The fourth-order valence-corrected chi connectivity index (χ4v) is 0.897. The molecule has 0 fully saturated rings. The second kappa shape index (κ2) is 3.75. The highest BCUT2D eigenvalue weighted by Crippen LogP contribution is 2.14. The van der Waals surface area contributed by atoms with E-state index in [0.29, 0.717) is 0 Å². The van der Waals surface area contributed by atoms with Crippen molar-refractivity contribution in [2.24, 2.45) is 0 Å². The maximum absolute atomic E-state index is 11.1. The summed E-state index contributed by atoms with van der Waals surface area (Å²) in [5.41, 5.74) is -0.255. The highest BCUT2D eigenvalue weighted by Gasteiger charge is 2.12. The van der Waals surface area contributed by atoms with Gasteiger partial charge in [-0.1, -0.05) is 0 Å². The molecule has 0 atom stereocenters. The molecule has 5 heteroatoms. The molecule has 5 nitrogen and oxygen atoms in total. The molecule has 0 aromatic carbocycles. The Morgan fingerprint density at radius 1 is 1.46 bits per heavy atom. The number of ether oxygens (including phenoxy) is 2. The normalized spacial score (nSPS) is 9.38. The molecule has 0 amide bonds. The summed E-state index contributed by atoms with van der Waals surface area (Å²) in [4.78, 5) is 24.3. The quantitative estimate of drug-likeness (QED) is 0.663. The van der Waals surface area contributed by atoms with Crippen LogP contribution in [0.4, 0.5) is 0 Å². The Balaban J connectivity index is 3.23. The summed E-state index contributed by atoms with van der Waals surface area (Å²) in [5, 5.41) is 0. The van der Waals surface area contributed by atoms with Crippen LogP contribution in [0.25, 0.3) is 0 Å². The predicted molar refractivity (Wildman–Crippen MR) is 45.0 cm³/mol. The van der Waals surface area contributed by atoms with Gasteiger partial charge < -0.3 is 14.5 Å². The maximum atomic E-state index is 11.1. The van der Waals surface area contributed by atoms with E-state index in [0.717, 1.165) is 6.07 Å². The van der Waals surface area contributed by atoms with Gasteiger partial charge in [-0.3, -0.25) is 4.79 Å². The van der Waals surface area contributed by atoms with Gasteiger partial charge in [0.25, 0.3) is 0 Å². The number of carbonyl (C=O) groups is 1. The second-order valence-corrected chi connectivity index (χ2v) is 2.27. The smallest absolute Gasteiger partial charge is 0.341 e. The predicted octanol–water partition coefficient (Wildman–Crippen LogP) is 0.170. The molecule has 1 rings (SSSR count). The minimum atomic E-state index is -0.594. The van der Waals surface area contributed by atoms with Crippen LogP contribution in [0.1, 0.15) is 10.4 Å². The number of H-pyrrole nitrogens is 1. The molecular weight excluding hydrogens is 174 g/mol. The Morgan fingerprint density at radius 2 is 2.15 bits per heavy atom. The highest BCUT2D eigenvalue weighted by atomic mass is 16.5. The van der Waals surface area contributed by atoms with Gasteiger partial charge >= 0.3 is 5.97 Å². The third kappa shape index (κ3) is 1.87. The molecule has 0 aliphatic rings. The number of rotatable bonds is 2. The van der Waals surface area contributed by atoms with E-state index in [1.165, 1.54) is 20.4 Å². The van der Waals surface area contributed by atoms with Crippen LogP contribution in [-0.4, -0.2) is 25.2 Å². The van der Waals surface area contributed by atoms with Crippen molar-refractivity contribution in [3.63, 3.8) is 0 Å². The van der Waals surface area contributed by atoms with Crippen LogP contribution in [0.2, 0.25) is 0 Å². The van der Waals surface area contributed by atoms with E-state index in [-0.39, 0.29) is 16.9 Å². The fraction of sp³-hybridized carbons (Fsp3) is 0.250. The number of aromatic amines is 1. The van der Waals surface area contributed by atoms with Gasteiger partial charge in [0, 0.05) is 12.3 Å². The van der Waals surface area contributed by atoms with Crippen molar-refractivity contribution in [3.8, 4) is 5.75 Å². The summed E-state index contributed by atoms with van der Waals surface area (Å²) < 4.78 is 9.31. The first-order valence-electron chi connectivity index (χ1n) is 3.54. The first-order valence-corrected chi connectivity index (χ1v) is 3.54. The van der Waals surface area contributed by atoms with E-state index in [4.69, 9.17) is 4.74 Å². The molecule has 0 radical (unpaired) electrons. The molecule has 0 aliphatic carbocycles. The number of nitrogens with one attached hydrogen (secondary N) is 1.